The molecule has 2 atom stereocenters. The van der Waals surface area contributed by atoms with Gasteiger partial charge in [-0.3, -0.25) is 14.5 Å². The van der Waals surface area contributed by atoms with Crippen molar-refractivity contribution in [2.24, 2.45) is 0 Å². The van der Waals surface area contributed by atoms with Crippen molar-refractivity contribution in [2.75, 3.05) is 54.4 Å². The number of hydrogen-bond acceptors (Lipinski definition) is 5. The molecule has 2 saturated heterocycles. The first-order valence-electron chi connectivity index (χ1n) is 14.7. The van der Waals surface area contributed by atoms with Crippen molar-refractivity contribution in [1.29, 1.82) is 0 Å². The summed E-state index contributed by atoms with van der Waals surface area (Å²) in [5, 5.41) is 4.49. The average molecular weight is 604 g/mol. The summed E-state index contributed by atoms with van der Waals surface area (Å²) in [4.78, 5) is 33.2. The third-order valence-corrected chi connectivity index (χ3v) is 9.57. The van der Waals surface area contributed by atoms with Crippen LogP contribution < -0.4 is 10.1 Å². The minimum Gasteiger partial charge on any atom is -0.497 e. The smallest absolute Gasteiger partial charge is 0.253 e. The van der Waals surface area contributed by atoms with E-state index in [2.05, 4.69) is 10.2 Å². The maximum atomic E-state index is 13.7. The van der Waals surface area contributed by atoms with Gasteiger partial charge in [0.2, 0.25) is 5.91 Å². The molecule has 2 amide bonds. The fourth-order valence-corrected chi connectivity index (χ4v) is 6.96. The Labute approximate surface area is 255 Å². The van der Waals surface area contributed by atoms with Crippen LogP contribution >= 0.6 is 23.2 Å². The number of hydrogen-bond donors (Lipinski definition) is 1. The number of halogens is 2. The van der Waals surface area contributed by atoms with Crippen molar-refractivity contribution < 1.29 is 14.3 Å². The van der Waals surface area contributed by atoms with Crippen molar-refractivity contribution >= 4 is 35.0 Å². The quantitative estimate of drug-likeness (QED) is 0.378. The third kappa shape index (κ3) is 7.37. The maximum Gasteiger partial charge on any atom is 0.253 e. The molecule has 0 aliphatic carbocycles. The van der Waals surface area contributed by atoms with Crippen LogP contribution in [0.3, 0.4) is 0 Å². The minimum absolute atomic E-state index is 0.0570. The lowest BCUT2D eigenvalue weighted by Gasteiger charge is -2.51. The Morgan fingerprint density at radius 1 is 1.07 bits per heavy atom. The highest BCUT2D eigenvalue weighted by Gasteiger charge is 2.48. The topological polar surface area (TPSA) is 65.1 Å². The highest BCUT2D eigenvalue weighted by molar-refractivity contribution is 6.42. The first-order valence-corrected chi connectivity index (χ1v) is 15.5. The molecule has 2 aliphatic heterocycles. The zero-order valence-corrected chi connectivity index (χ0v) is 26.3. The van der Waals surface area contributed by atoms with E-state index in [1.807, 2.05) is 57.5 Å². The Morgan fingerprint density at radius 2 is 1.83 bits per heavy atom. The number of likely N-dealkylation sites (tertiary alicyclic amines) is 1. The van der Waals surface area contributed by atoms with E-state index in [1.54, 1.807) is 23.0 Å². The van der Waals surface area contributed by atoms with E-state index >= 15 is 0 Å². The largest absolute Gasteiger partial charge is 0.497 e. The molecule has 0 radical (unpaired) electrons. The number of carbonyl (C=O) groups is 2. The predicted octanol–water partition coefficient (Wildman–Crippen LogP) is 5.70. The van der Waals surface area contributed by atoms with E-state index in [0.717, 1.165) is 70.1 Å². The number of ether oxygens (including phenoxy) is 1. The summed E-state index contributed by atoms with van der Waals surface area (Å²) in [6.45, 7) is 3.18. The van der Waals surface area contributed by atoms with Crippen LogP contribution in [0.4, 0.5) is 0 Å². The van der Waals surface area contributed by atoms with Gasteiger partial charge in [0.1, 0.15) is 11.3 Å². The van der Waals surface area contributed by atoms with Crippen LogP contribution in [-0.2, 0) is 4.79 Å². The minimum atomic E-state index is -0.460. The van der Waals surface area contributed by atoms with Crippen molar-refractivity contribution in [2.45, 2.75) is 62.4 Å². The molecule has 0 saturated carbocycles. The summed E-state index contributed by atoms with van der Waals surface area (Å²) in [5.41, 5.74) is 1.19. The summed E-state index contributed by atoms with van der Waals surface area (Å²) >= 11 is 12.7. The number of benzene rings is 2. The monoisotopic (exact) mass is 602 g/mol. The van der Waals surface area contributed by atoms with E-state index in [9.17, 15) is 9.59 Å². The van der Waals surface area contributed by atoms with Gasteiger partial charge in [0.15, 0.2) is 0 Å². The van der Waals surface area contributed by atoms with Crippen molar-refractivity contribution in [3.8, 4) is 5.75 Å². The van der Waals surface area contributed by atoms with E-state index < -0.39 is 5.54 Å². The Bertz CT molecular complexity index is 1200. The first kappa shape index (κ1) is 31.6. The number of methoxy groups -OCH3 is 1. The number of amides is 2. The molecule has 2 aliphatic rings. The molecule has 2 unspecified atom stereocenters. The fraction of sp³-hybridized carbons (Fsp3) is 0.562. The van der Waals surface area contributed by atoms with Crippen LogP contribution in [0.25, 0.3) is 0 Å². The molecule has 0 aromatic heterocycles. The summed E-state index contributed by atoms with van der Waals surface area (Å²) in [6.07, 6.45) is 6.80. The maximum absolute atomic E-state index is 13.7. The second kappa shape index (κ2) is 14.2. The van der Waals surface area contributed by atoms with Gasteiger partial charge in [-0.25, -0.2) is 0 Å². The van der Waals surface area contributed by atoms with Gasteiger partial charge < -0.3 is 19.9 Å². The van der Waals surface area contributed by atoms with Crippen molar-refractivity contribution in [3.63, 3.8) is 0 Å². The second-order valence-corrected chi connectivity index (χ2v) is 12.5. The standard InChI is InChI=1S/C32H44Cl2N4O3/c1-36(2)31(40)32(15-17-35-18-16-32)38-19-6-5-9-26(38)13-11-25(23-12-14-28(33)29(34)21-23)22-37(3)30(39)24-8-7-10-27(20-24)41-4/h7-8,10,12,14,20-21,25-26,35H,5-6,9,11,13,15-19,22H2,1-4H3. The molecule has 0 spiro atoms. The zero-order chi connectivity index (χ0) is 29.6. The van der Waals surface area contributed by atoms with Gasteiger partial charge in [-0.1, -0.05) is 41.8 Å². The van der Waals surface area contributed by atoms with Gasteiger partial charge in [0.25, 0.3) is 5.91 Å². The highest BCUT2D eigenvalue weighted by Crippen LogP contribution is 2.38. The molecule has 2 aromatic carbocycles. The average Bonchev–Trinajstić information content (AvgIpc) is 3.00. The van der Waals surface area contributed by atoms with Crippen LogP contribution in [0.2, 0.25) is 10.0 Å². The van der Waals surface area contributed by atoms with Crippen LogP contribution in [0.1, 0.15) is 66.8 Å². The molecule has 4 rings (SSSR count). The molecule has 0 bridgehead atoms. The summed E-state index contributed by atoms with van der Waals surface area (Å²) in [5.74, 6) is 0.873. The van der Waals surface area contributed by atoms with Crippen LogP contribution in [0, 0.1) is 0 Å². The van der Waals surface area contributed by atoms with Gasteiger partial charge in [0.05, 0.1) is 17.2 Å². The molecule has 1 N–H and O–H groups in total. The molecular formula is C32H44Cl2N4O3. The van der Waals surface area contributed by atoms with Crippen LogP contribution in [0.5, 0.6) is 5.75 Å². The van der Waals surface area contributed by atoms with Crippen LogP contribution in [0.15, 0.2) is 42.5 Å². The number of likely N-dealkylation sites (N-methyl/N-ethyl adjacent to an activating group) is 2. The predicted molar refractivity (Wildman–Crippen MR) is 166 cm³/mol. The molecule has 7 nitrogen and oxygen atoms in total. The fourth-order valence-electron chi connectivity index (χ4n) is 6.66. The van der Waals surface area contributed by atoms with Gasteiger partial charge in [-0.05, 0) is 94.1 Å². The Kier molecular flexibility index (Phi) is 11.0. The number of rotatable bonds is 10. The second-order valence-electron chi connectivity index (χ2n) is 11.7. The third-order valence-electron chi connectivity index (χ3n) is 8.83. The van der Waals surface area contributed by atoms with Gasteiger partial charge in [0, 0.05) is 45.2 Å². The Balaban J connectivity index is 1.57. The molecule has 2 aromatic rings. The Hall–Kier alpha value is -2.32. The van der Waals surface area contributed by atoms with E-state index in [0.29, 0.717) is 33.9 Å². The van der Waals surface area contributed by atoms with Gasteiger partial charge in [-0.2, -0.15) is 0 Å². The zero-order valence-electron chi connectivity index (χ0n) is 24.8. The van der Waals surface area contributed by atoms with E-state index in [4.69, 9.17) is 27.9 Å². The molecule has 2 heterocycles. The molecule has 224 valence electrons. The van der Waals surface area contributed by atoms with Gasteiger partial charge >= 0.3 is 0 Å². The molecule has 41 heavy (non-hydrogen) atoms. The first-order chi connectivity index (χ1) is 19.7. The lowest BCUT2D eigenvalue weighted by atomic mass is 9.80. The van der Waals surface area contributed by atoms with Crippen molar-refractivity contribution in [1.82, 2.24) is 20.0 Å². The lowest BCUT2D eigenvalue weighted by Crippen LogP contribution is -2.66. The number of nitrogens with one attached hydrogen (secondary N) is 1. The molecule has 9 heteroatoms. The van der Waals surface area contributed by atoms with Gasteiger partial charge in [-0.15, -0.1) is 0 Å². The van der Waals surface area contributed by atoms with Crippen molar-refractivity contribution in [3.05, 3.63) is 63.6 Å². The summed E-state index contributed by atoms with van der Waals surface area (Å²) in [7, 11) is 7.20. The number of carbonyl (C=O) groups excluding carboxylic acids is 2. The highest BCUT2D eigenvalue weighted by atomic mass is 35.5. The lowest BCUT2D eigenvalue weighted by molar-refractivity contribution is -0.148. The molecule has 2 fully saturated rings. The number of nitrogens with zero attached hydrogens (tertiary/aromatic N) is 3. The number of piperidine rings is 2. The molecular weight excluding hydrogens is 559 g/mol. The Morgan fingerprint density at radius 3 is 2.51 bits per heavy atom. The summed E-state index contributed by atoms with van der Waals surface area (Å²) in [6, 6.07) is 13.3. The normalized spacial score (nSPS) is 19.8. The van der Waals surface area contributed by atoms with E-state index in [-0.39, 0.29) is 17.7 Å². The van der Waals surface area contributed by atoms with E-state index in [1.165, 1.54) is 0 Å². The van der Waals surface area contributed by atoms with Crippen LogP contribution in [-0.4, -0.2) is 92.5 Å². The summed E-state index contributed by atoms with van der Waals surface area (Å²) < 4.78 is 5.33. The SMILES string of the molecule is COc1cccc(C(=O)N(C)CC(CCC2CCCCN2C2(C(=O)N(C)C)CCNCC2)c2ccc(Cl)c(Cl)c2)c1.